The minimum absolute atomic E-state index is 0.223. The predicted molar refractivity (Wildman–Crippen MR) is 59.6 cm³/mol. The minimum Gasteiger partial charge on any atom is -0.368 e. The molecule has 1 rings (SSSR count). The molecule has 94 valence electrons. The number of hydrogen-bond donors (Lipinski definition) is 2. The largest absolute Gasteiger partial charge is 0.368 e. The summed E-state index contributed by atoms with van der Waals surface area (Å²) in [6.45, 7) is 3.94. The van der Waals surface area contributed by atoms with E-state index in [1.54, 1.807) is 4.68 Å². The topological polar surface area (TPSA) is 99.2 Å². The number of carbonyl (C=O) groups is 2. The van der Waals surface area contributed by atoms with Gasteiger partial charge in [-0.05, 0) is 19.9 Å². The lowest BCUT2D eigenvalue weighted by molar-refractivity contribution is -0.138. The molecule has 0 unspecified atom stereocenters. The second-order valence-corrected chi connectivity index (χ2v) is 3.68. The summed E-state index contributed by atoms with van der Waals surface area (Å²) >= 11 is 0. The van der Waals surface area contributed by atoms with E-state index in [9.17, 15) is 9.59 Å². The van der Waals surface area contributed by atoms with Crippen LogP contribution in [0.2, 0.25) is 0 Å². The van der Waals surface area contributed by atoms with Gasteiger partial charge in [0.05, 0.1) is 12.2 Å². The summed E-state index contributed by atoms with van der Waals surface area (Å²) in [4.78, 5) is 26.2. The molecule has 1 heterocycles. The molecule has 3 N–H and O–H groups in total. The summed E-state index contributed by atoms with van der Waals surface area (Å²) in [7, 11) is 0. The first kappa shape index (κ1) is 13.2. The van der Waals surface area contributed by atoms with Gasteiger partial charge in [0.25, 0.3) is 0 Å². The van der Waals surface area contributed by atoms with Gasteiger partial charge in [-0.3, -0.25) is 19.1 Å². The Kier molecular flexibility index (Phi) is 4.65. The Morgan fingerprint density at radius 2 is 2.24 bits per heavy atom. The highest BCUT2D eigenvalue weighted by atomic mass is 16.7. The lowest BCUT2D eigenvalue weighted by Gasteiger charge is -2.05. The first-order chi connectivity index (χ1) is 7.99. The van der Waals surface area contributed by atoms with E-state index in [2.05, 4.69) is 15.4 Å². The van der Waals surface area contributed by atoms with Gasteiger partial charge in [0.1, 0.15) is 0 Å². The number of hydroxylamine groups is 1. The van der Waals surface area contributed by atoms with E-state index in [1.807, 2.05) is 19.9 Å². The molecule has 0 atom stereocenters. The van der Waals surface area contributed by atoms with E-state index in [0.29, 0.717) is 6.54 Å². The highest BCUT2D eigenvalue weighted by Gasteiger charge is 2.05. The normalized spacial score (nSPS) is 10.2. The molecule has 0 aromatic carbocycles. The van der Waals surface area contributed by atoms with Crippen LogP contribution in [0.15, 0.2) is 6.07 Å². The molecule has 0 bridgehead atoms. The fraction of sp³-hybridized carbons (Fsp3) is 0.500. The van der Waals surface area contributed by atoms with Crippen LogP contribution in [-0.2, 0) is 21.0 Å². The molecule has 0 aliphatic rings. The Morgan fingerprint density at radius 1 is 1.53 bits per heavy atom. The third-order valence-electron chi connectivity index (χ3n) is 2.05. The molecule has 0 fully saturated rings. The number of carbonyl (C=O) groups excluding carboxylic acids is 2. The van der Waals surface area contributed by atoms with Gasteiger partial charge in [-0.25, -0.2) is 5.48 Å². The molecular weight excluding hydrogens is 224 g/mol. The number of aromatic nitrogens is 2. The number of nitrogens with one attached hydrogen (secondary N) is 1. The number of nitrogens with two attached hydrogens (primary N) is 1. The van der Waals surface area contributed by atoms with Crippen molar-refractivity contribution >= 4 is 11.8 Å². The van der Waals surface area contributed by atoms with E-state index in [-0.39, 0.29) is 18.9 Å². The number of primary amides is 1. The van der Waals surface area contributed by atoms with Crippen LogP contribution in [-0.4, -0.2) is 28.2 Å². The average molecular weight is 240 g/mol. The van der Waals surface area contributed by atoms with Crippen molar-refractivity contribution in [2.24, 2.45) is 5.73 Å². The van der Waals surface area contributed by atoms with Gasteiger partial charge >= 0.3 is 0 Å². The van der Waals surface area contributed by atoms with Gasteiger partial charge in [0.2, 0.25) is 11.8 Å². The summed E-state index contributed by atoms with van der Waals surface area (Å²) in [5.41, 5.74) is 8.87. The Morgan fingerprint density at radius 3 is 2.76 bits per heavy atom. The molecule has 0 saturated heterocycles. The molecule has 17 heavy (non-hydrogen) atoms. The number of aryl methyl sites for hydroxylation is 3. The van der Waals surface area contributed by atoms with Crippen LogP contribution in [0.4, 0.5) is 0 Å². The van der Waals surface area contributed by atoms with Gasteiger partial charge < -0.3 is 5.73 Å². The second kappa shape index (κ2) is 6.00. The number of hydrogen-bond acceptors (Lipinski definition) is 4. The zero-order valence-electron chi connectivity index (χ0n) is 9.90. The summed E-state index contributed by atoms with van der Waals surface area (Å²) in [5, 5.41) is 4.21. The zero-order valence-corrected chi connectivity index (χ0v) is 9.90. The van der Waals surface area contributed by atoms with Crippen molar-refractivity contribution in [1.82, 2.24) is 15.3 Å². The highest BCUT2D eigenvalue weighted by Crippen LogP contribution is 2.02. The van der Waals surface area contributed by atoms with Crippen molar-refractivity contribution in [2.75, 3.05) is 6.61 Å². The van der Waals surface area contributed by atoms with Gasteiger partial charge in [0.15, 0.2) is 6.61 Å². The number of rotatable bonds is 6. The molecule has 7 nitrogen and oxygen atoms in total. The molecule has 1 aromatic rings. The Hall–Kier alpha value is -1.89. The molecule has 7 heteroatoms. The average Bonchev–Trinajstić information content (AvgIpc) is 2.54. The van der Waals surface area contributed by atoms with E-state index >= 15 is 0 Å². The van der Waals surface area contributed by atoms with Crippen molar-refractivity contribution < 1.29 is 14.4 Å². The molecule has 0 aliphatic heterocycles. The van der Waals surface area contributed by atoms with Crippen LogP contribution in [0.5, 0.6) is 0 Å². The van der Waals surface area contributed by atoms with Gasteiger partial charge in [-0.2, -0.15) is 5.10 Å². The van der Waals surface area contributed by atoms with Crippen LogP contribution in [0.25, 0.3) is 0 Å². The summed E-state index contributed by atoms with van der Waals surface area (Å²) in [6.07, 6.45) is 0.223. The minimum atomic E-state index is -0.635. The monoisotopic (exact) mass is 240 g/mol. The van der Waals surface area contributed by atoms with Gasteiger partial charge in [-0.15, -0.1) is 0 Å². The highest BCUT2D eigenvalue weighted by molar-refractivity contribution is 5.76. The van der Waals surface area contributed by atoms with E-state index in [0.717, 1.165) is 11.4 Å². The van der Waals surface area contributed by atoms with Crippen LogP contribution in [0.3, 0.4) is 0 Å². The number of amides is 2. The molecular formula is C10H16N4O3. The maximum absolute atomic E-state index is 11.3. The summed E-state index contributed by atoms with van der Waals surface area (Å²) < 4.78 is 1.74. The summed E-state index contributed by atoms with van der Waals surface area (Å²) in [5.74, 6) is -0.956. The van der Waals surface area contributed by atoms with Crippen molar-refractivity contribution in [3.8, 4) is 0 Å². The first-order valence-electron chi connectivity index (χ1n) is 5.19. The van der Waals surface area contributed by atoms with Crippen molar-refractivity contribution in [3.63, 3.8) is 0 Å². The van der Waals surface area contributed by atoms with Crippen molar-refractivity contribution in [3.05, 3.63) is 17.5 Å². The van der Waals surface area contributed by atoms with E-state index < -0.39 is 5.91 Å². The van der Waals surface area contributed by atoms with Crippen LogP contribution in [0, 0.1) is 13.8 Å². The van der Waals surface area contributed by atoms with Gasteiger partial charge in [0, 0.05) is 12.1 Å². The first-order valence-corrected chi connectivity index (χ1v) is 5.19. The maximum Gasteiger partial charge on any atom is 0.246 e. The van der Waals surface area contributed by atoms with E-state index in [1.165, 1.54) is 0 Å². The summed E-state index contributed by atoms with van der Waals surface area (Å²) in [6, 6.07) is 1.93. The van der Waals surface area contributed by atoms with Gasteiger partial charge in [-0.1, -0.05) is 0 Å². The molecule has 0 radical (unpaired) electrons. The van der Waals surface area contributed by atoms with Crippen LogP contribution < -0.4 is 11.2 Å². The maximum atomic E-state index is 11.3. The predicted octanol–water partition coefficient (Wildman–Crippen LogP) is -0.577. The molecule has 2 amide bonds. The molecule has 0 saturated carbocycles. The second-order valence-electron chi connectivity index (χ2n) is 3.68. The molecule has 0 aliphatic carbocycles. The quantitative estimate of drug-likeness (QED) is 0.650. The Balaban J connectivity index is 2.28. The lowest BCUT2D eigenvalue weighted by atomic mass is 10.4. The van der Waals surface area contributed by atoms with Crippen molar-refractivity contribution in [2.45, 2.75) is 26.8 Å². The van der Waals surface area contributed by atoms with Crippen molar-refractivity contribution in [1.29, 1.82) is 0 Å². The Bertz CT molecular complexity index is 414. The lowest BCUT2D eigenvalue weighted by Crippen LogP contribution is -2.30. The third kappa shape index (κ3) is 4.64. The SMILES string of the molecule is Cc1cc(C)n(CCC(=O)NOCC(N)=O)n1. The van der Waals surface area contributed by atoms with E-state index in [4.69, 9.17) is 5.73 Å². The smallest absolute Gasteiger partial charge is 0.246 e. The Labute approximate surface area is 98.9 Å². The fourth-order valence-corrected chi connectivity index (χ4v) is 1.35. The van der Waals surface area contributed by atoms with Crippen LogP contribution in [0.1, 0.15) is 17.8 Å². The molecule has 1 aromatic heterocycles. The fourth-order valence-electron chi connectivity index (χ4n) is 1.35. The zero-order chi connectivity index (χ0) is 12.8. The van der Waals surface area contributed by atoms with Crippen LogP contribution >= 0.6 is 0 Å². The third-order valence-corrected chi connectivity index (χ3v) is 2.05. The standard InChI is InChI=1S/C10H16N4O3/c1-7-5-8(2)14(12-7)4-3-10(16)13-17-6-9(11)15/h5H,3-4,6H2,1-2H3,(H2,11,15)(H,13,16). The molecule has 0 spiro atoms. The number of nitrogens with zero attached hydrogens (tertiary/aromatic N) is 2.